The molecule has 0 amide bonds. The van der Waals surface area contributed by atoms with E-state index in [2.05, 4.69) is 24.3 Å². The van der Waals surface area contributed by atoms with Crippen molar-refractivity contribution >= 4 is 22.4 Å². The lowest BCUT2D eigenvalue weighted by atomic mass is 10.1. The van der Waals surface area contributed by atoms with Gasteiger partial charge in [0, 0.05) is 5.02 Å². The summed E-state index contributed by atoms with van der Waals surface area (Å²) in [4.78, 5) is 0. The first-order valence-corrected chi connectivity index (χ1v) is 7.63. The third-order valence-corrected chi connectivity index (χ3v) is 3.65. The Morgan fingerprint density at radius 1 is 0.773 bits per heavy atom. The average Bonchev–Trinajstić information content (AvgIpc) is 2.56. The molecule has 0 bridgehead atoms. The fourth-order valence-electron chi connectivity index (χ4n) is 2.25. The van der Waals surface area contributed by atoms with Crippen LogP contribution in [0, 0.1) is 0 Å². The average molecular weight is 313 g/mol. The lowest BCUT2D eigenvalue weighted by Gasteiger charge is -2.08. The second-order valence-electron chi connectivity index (χ2n) is 5.04. The van der Waals surface area contributed by atoms with E-state index < -0.39 is 0 Å². The second kappa shape index (κ2) is 7.30. The number of fused-ring (bicyclic) bond motifs is 1. The van der Waals surface area contributed by atoms with E-state index in [1.165, 1.54) is 10.8 Å². The van der Waals surface area contributed by atoms with Crippen LogP contribution in [0.5, 0.6) is 5.75 Å². The predicted octanol–water partition coefficient (Wildman–Crippen LogP) is 5.09. The van der Waals surface area contributed by atoms with Crippen molar-refractivity contribution in [3.05, 3.63) is 77.3 Å². The Balaban J connectivity index is 1.45. The molecule has 0 spiro atoms. The van der Waals surface area contributed by atoms with Crippen LogP contribution in [0.25, 0.3) is 10.8 Å². The molecule has 0 saturated carbocycles. The van der Waals surface area contributed by atoms with Gasteiger partial charge in [-0.15, -0.1) is 0 Å². The van der Waals surface area contributed by atoms with Crippen molar-refractivity contribution in [1.82, 2.24) is 0 Å². The summed E-state index contributed by atoms with van der Waals surface area (Å²) < 4.78 is 11.3. The van der Waals surface area contributed by atoms with Crippen LogP contribution >= 0.6 is 11.6 Å². The molecule has 3 aromatic carbocycles. The summed E-state index contributed by atoms with van der Waals surface area (Å²) in [7, 11) is 0. The van der Waals surface area contributed by atoms with Gasteiger partial charge in [0.15, 0.2) is 0 Å². The Hall–Kier alpha value is -2.03. The fourth-order valence-corrected chi connectivity index (χ4v) is 2.37. The summed E-state index contributed by atoms with van der Waals surface area (Å²) >= 11 is 5.84. The van der Waals surface area contributed by atoms with Gasteiger partial charge in [-0.1, -0.05) is 54.1 Å². The number of halogens is 1. The monoisotopic (exact) mass is 312 g/mol. The maximum absolute atomic E-state index is 5.84. The molecular formula is C19H17ClO2. The van der Waals surface area contributed by atoms with E-state index in [-0.39, 0.29) is 0 Å². The standard InChI is InChI=1S/C19H17ClO2/c20-18-8-5-15(6-9-18)14-21-11-12-22-19-10-7-16-3-1-2-4-17(16)13-19/h1-10,13H,11-12,14H2. The zero-order chi connectivity index (χ0) is 15.2. The summed E-state index contributed by atoms with van der Waals surface area (Å²) in [5.41, 5.74) is 1.11. The van der Waals surface area contributed by atoms with Crippen molar-refractivity contribution in [2.24, 2.45) is 0 Å². The maximum atomic E-state index is 5.84. The summed E-state index contributed by atoms with van der Waals surface area (Å²) in [6.07, 6.45) is 0. The topological polar surface area (TPSA) is 18.5 Å². The van der Waals surface area contributed by atoms with Gasteiger partial charge >= 0.3 is 0 Å². The molecule has 0 saturated heterocycles. The summed E-state index contributed by atoms with van der Waals surface area (Å²) in [6.45, 7) is 1.65. The minimum Gasteiger partial charge on any atom is -0.491 e. The lowest BCUT2D eigenvalue weighted by Crippen LogP contribution is -2.06. The van der Waals surface area contributed by atoms with Crippen molar-refractivity contribution < 1.29 is 9.47 Å². The van der Waals surface area contributed by atoms with Gasteiger partial charge in [-0.2, -0.15) is 0 Å². The molecule has 0 aliphatic rings. The molecule has 3 rings (SSSR count). The highest BCUT2D eigenvalue weighted by Crippen LogP contribution is 2.20. The molecule has 0 aliphatic heterocycles. The third kappa shape index (κ3) is 4.00. The van der Waals surface area contributed by atoms with E-state index >= 15 is 0 Å². The van der Waals surface area contributed by atoms with Crippen LogP contribution in [-0.4, -0.2) is 13.2 Å². The quantitative estimate of drug-likeness (QED) is 0.590. The molecule has 0 radical (unpaired) electrons. The molecular weight excluding hydrogens is 296 g/mol. The van der Waals surface area contributed by atoms with Crippen molar-refractivity contribution in [3.63, 3.8) is 0 Å². The van der Waals surface area contributed by atoms with E-state index in [1.54, 1.807) is 0 Å². The largest absolute Gasteiger partial charge is 0.491 e. The second-order valence-corrected chi connectivity index (χ2v) is 5.47. The molecule has 22 heavy (non-hydrogen) atoms. The Labute approximate surface area is 135 Å². The van der Waals surface area contributed by atoms with Gasteiger partial charge in [-0.25, -0.2) is 0 Å². The van der Waals surface area contributed by atoms with Crippen LogP contribution in [0.3, 0.4) is 0 Å². The Morgan fingerprint density at radius 2 is 1.55 bits per heavy atom. The number of benzene rings is 3. The lowest BCUT2D eigenvalue weighted by molar-refractivity contribution is 0.0890. The van der Waals surface area contributed by atoms with Crippen molar-refractivity contribution in [2.75, 3.05) is 13.2 Å². The Bertz CT molecular complexity index is 738. The highest BCUT2D eigenvalue weighted by molar-refractivity contribution is 6.30. The van der Waals surface area contributed by atoms with Gasteiger partial charge in [0.2, 0.25) is 0 Å². The first-order valence-electron chi connectivity index (χ1n) is 7.25. The van der Waals surface area contributed by atoms with E-state index in [0.717, 1.165) is 16.3 Å². The minimum atomic E-state index is 0.534. The van der Waals surface area contributed by atoms with Crippen LogP contribution in [0.4, 0.5) is 0 Å². The van der Waals surface area contributed by atoms with Crippen LogP contribution in [0.2, 0.25) is 5.02 Å². The van der Waals surface area contributed by atoms with Gasteiger partial charge in [0.1, 0.15) is 12.4 Å². The van der Waals surface area contributed by atoms with E-state index in [1.807, 2.05) is 42.5 Å². The Morgan fingerprint density at radius 3 is 2.36 bits per heavy atom. The maximum Gasteiger partial charge on any atom is 0.120 e. The zero-order valence-corrected chi connectivity index (χ0v) is 12.9. The van der Waals surface area contributed by atoms with Crippen LogP contribution in [0.1, 0.15) is 5.56 Å². The van der Waals surface area contributed by atoms with Crippen molar-refractivity contribution in [3.8, 4) is 5.75 Å². The SMILES string of the molecule is Clc1ccc(COCCOc2ccc3ccccc3c2)cc1. The predicted molar refractivity (Wildman–Crippen MR) is 90.6 cm³/mol. The molecule has 0 aliphatic carbocycles. The van der Waals surface area contributed by atoms with Crippen molar-refractivity contribution in [2.45, 2.75) is 6.61 Å². The number of rotatable bonds is 6. The molecule has 3 aromatic rings. The van der Waals surface area contributed by atoms with Crippen molar-refractivity contribution in [1.29, 1.82) is 0 Å². The number of hydrogen-bond acceptors (Lipinski definition) is 2. The third-order valence-electron chi connectivity index (χ3n) is 3.40. The molecule has 0 atom stereocenters. The summed E-state index contributed by atoms with van der Waals surface area (Å²) in [5.74, 6) is 0.869. The molecule has 2 nitrogen and oxygen atoms in total. The Kier molecular flexibility index (Phi) is 4.94. The highest BCUT2D eigenvalue weighted by atomic mass is 35.5. The molecule has 3 heteroatoms. The van der Waals surface area contributed by atoms with Gasteiger partial charge in [-0.3, -0.25) is 0 Å². The summed E-state index contributed by atoms with van der Waals surface area (Å²) in [5, 5.41) is 3.14. The molecule has 0 heterocycles. The first-order chi connectivity index (χ1) is 10.8. The van der Waals surface area contributed by atoms with Gasteiger partial charge in [0.05, 0.1) is 13.2 Å². The molecule has 0 fully saturated rings. The van der Waals surface area contributed by atoms with E-state index in [4.69, 9.17) is 21.1 Å². The van der Waals surface area contributed by atoms with Gasteiger partial charge in [0.25, 0.3) is 0 Å². The summed E-state index contributed by atoms with van der Waals surface area (Å²) in [6, 6.07) is 22.0. The highest BCUT2D eigenvalue weighted by Gasteiger charge is 1.98. The number of hydrogen-bond donors (Lipinski definition) is 0. The van der Waals surface area contributed by atoms with Crippen LogP contribution < -0.4 is 4.74 Å². The molecule has 112 valence electrons. The van der Waals surface area contributed by atoms with Gasteiger partial charge in [-0.05, 0) is 40.6 Å². The fraction of sp³-hybridized carbons (Fsp3) is 0.158. The normalized spacial score (nSPS) is 10.8. The smallest absolute Gasteiger partial charge is 0.120 e. The van der Waals surface area contributed by atoms with E-state index in [0.29, 0.717) is 19.8 Å². The number of ether oxygens (including phenoxy) is 2. The molecule has 0 unspecified atom stereocenters. The van der Waals surface area contributed by atoms with E-state index in [9.17, 15) is 0 Å². The first kappa shape index (κ1) is 14.9. The zero-order valence-electron chi connectivity index (χ0n) is 12.2. The van der Waals surface area contributed by atoms with Crippen LogP contribution in [-0.2, 0) is 11.3 Å². The minimum absolute atomic E-state index is 0.534. The van der Waals surface area contributed by atoms with Gasteiger partial charge < -0.3 is 9.47 Å². The molecule has 0 aromatic heterocycles. The molecule has 0 N–H and O–H groups in total. The van der Waals surface area contributed by atoms with Crippen LogP contribution in [0.15, 0.2) is 66.7 Å².